The van der Waals surface area contributed by atoms with Gasteiger partial charge in [0, 0.05) is 35.1 Å². The number of aromatic nitrogens is 1. The standard InChI is InChI=1S/C28H32Cl2IN3O2/c1-3-34(11-10-31)16-18-4-7-21(8-5-18)33-27-22-12-19(20-13-24(29)28(36)25(30)14-20)6-9-26(22)32-15-23(27)17(2)35/h6,9,12-15,18,21,36H,3-5,7-8,10-11,16H2,1-2H3,(H,32,33). The Balaban J connectivity index is 1.61. The molecule has 36 heavy (non-hydrogen) atoms. The smallest absolute Gasteiger partial charge is 0.163 e. The predicted molar refractivity (Wildman–Crippen MR) is 159 cm³/mol. The number of nitrogens with one attached hydrogen (secondary N) is 1. The Hall–Kier alpha value is -1.61. The zero-order valence-electron chi connectivity index (χ0n) is 20.7. The summed E-state index contributed by atoms with van der Waals surface area (Å²) in [5.74, 6) is 0.583. The monoisotopic (exact) mass is 639 g/mol. The number of anilines is 1. The van der Waals surface area contributed by atoms with E-state index in [4.69, 9.17) is 23.2 Å². The highest BCUT2D eigenvalue weighted by Gasteiger charge is 2.24. The van der Waals surface area contributed by atoms with Gasteiger partial charge in [-0.15, -0.1) is 0 Å². The first-order valence-corrected chi connectivity index (χ1v) is 14.8. The first-order chi connectivity index (χ1) is 17.3. The summed E-state index contributed by atoms with van der Waals surface area (Å²) < 4.78 is 1.16. The van der Waals surface area contributed by atoms with Crippen molar-refractivity contribution in [1.82, 2.24) is 9.88 Å². The van der Waals surface area contributed by atoms with E-state index in [-0.39, 0.29) is 21.6 Å². The number of hydrogen-bond donors (Lipinski definition) is 2. The second-order valence-corrected chi connectivity index (χ2v) is 11.5. The number of carbonyl (C=O) groups is 1. The van der Waals surface area contributed by atoms with Gasteiger partial charge in [0.1, 0.15) is 0 Å². The van der Waals surface area contributed by atoms with E-state index in [2.05, 4.69) is 44.7 Å². The minimum absolute atomic E-state index is 0.0147. The number of alkyl halides is 1. The molecule has 192 valence electrons. The summed E-state index contributed by atoms with van der Waals surface area (Å²) in [5.41, 5.74) is 3.93. The van der Waals surface area contributed by atoms with Crippen molar-refractivity contribution in [3.05, 3.63) is 52.1 Å². The van der Waals surface area contributed by atoms with Crippen LogP contribution in [0.25, 0.3) is 22.0 Å². The molecule has 8 heteroatoms. The van der Waals surface area contributed by atoms with Crippen molar-refractivity contribution < 1.29 is 9.90 Å². The number of pyridine rings is 1. The molecule has 2 N–H and O–H groups in total. The Labute approximate surface area is 236 Å². The molecule has 0 radical (unpaired) electrons. The van der Waals surface area contributed by atoms with Gasteiger partial charge in [0.05, 0.1) is 26.8 Å². The third-order valence-electron chi connectivity index (χ3n) is 7.16. The molecule has 0 aliphatic heterocycles. The lowest BCUT2D eigenvalue weighted by atomic mass is 9.85. The van der Waals surface area contributed by atoms with E-state index < -0.39 is 0 Å². The average Bonchev–Trinajstić information content (AvgIpc) is 2.87. The maximum absolute atomic E-state index is 12.6. The predicted octanol–water partition coefficient (Wildman–Crippen LogP) is 7.84. The number of aromatic hydroxyl groups is 1. The quantitative estimate of drug-likeness (QED) is 0.142. The van der Waals surface area contributed by atoms with Gasteiger partial charge >= 0.3 is 0 Å². The van der Waals surface area contributed by atoms with Crippen LogP contribution in [0.2, 0.25) is 10.0 Å². The largest absolute Gasteiger partial charge is 0.505 e. The molecule has 0 amide bonds. The third-order valence-corrected chi connectivity index (χ3v) is 8.22. The fourth-order valence-corrected chi connectivity index (χ4v) is 6.25. The molecule has 1 aliphatic rings. The molecule has 0 spiro atoms. The highest BCUT2D eigenvalue weighted by molar-refractivity contribution is 14.1. The van der Waals surface area contributed by atoms with E-state index in [9.17, 15) is 9.90 Å². The number of carbonyl (C=O) groups excluding carboxylic acids is 1. The summed E-state index contributed by atoms with van der Waals surface area (Å²) in [7, 11) is 0. The average molecular weight is 640 g/mol. The molecule has 5 nitrogen and oxygen atoms in total. The SMILES string of the molecule is CCN(CCI)CC1CCC(Nc2c(C(C)=O)cnc3ccc(-c4cc(Cl)c(O)c(Cl)c4)cc23)CC1. The lowest BCUT2D eigenvalue weighted by Crippen LogP contribution is -2.35. The van der Waals surface area contributed by atoms with Crippen LogP contribution in [0, 0.1) is 5.92 Å². The number of Topliss-reactive ketones (excluding diaryl/α,β-unsaturated/α-hetero) is 1. The Kier molecular flexibility index (Phi) is 9.36. The van der Waals surface area contributed by atoms with Crippen molar-refractivity contribution in [2.45, 2.75) is 45.6 Å². The molecule has 0 saturated heterocycles. The van der Waals surface area contributed by atoms with Gasteiger partial charge in [0.25, 0.3) is 0 Å². The van der Waals surface area contributed by atoms with Gasteiger partial charge < -0.3 is 15.3 Å². The minimum atomic E-state index is -0.127. The highest BCUT2D eigenvalue weighted by Crippen LogP contribution is 2.38. The number of halogens is 3. The Morgan fingerprint density at radius 2 is 1.83 bits per heavy atom. The second kappa shape index (κ2) is 12.3. The molecule has 1 aliphatic carbocycles. The molecule has 1 fully saturated rings. The number of phenols is 1. The lowest BCUT2D eigenvalue weighted by molar-refractivity contribution is 0.101. The molecule has 0 unspecified atom stereocenters. The normalized spacial score (nSPS) is 18.1. The Morgan fingerprint density at radius 3 is 2.44 bits per heavy atom. The number of nitrogens with zero attached hydrogens (tertiary/aromatic N) is 2. The first kappa shape index (κ1) is 27.4. The number of rotatable bonds is 9. The fourth-order valence-electron chi connectivity index (χ4n) is 5.08. The van der Waals surface area contributed by atoms with Crippen molar-refractivity contribution in [3.63, 3.8) is 0 Å². The van der Waals surface area contributed by atoms with Crippen molar-refractivity contribution in [3.8, 4) is 16.9 Å². The van der Waals surface area contributed by atoms with Crippen LogP contribution >= 0.6 is 45.8 Å². The Morgan fingerprint density at radius 1 is 1.14 bits per heavy atom. The molecular formula is C28H32Cl2IN3O2. The van der Waals surface area contributed by atoms with Gasteiger partial charge in [0.15, 0.2) is 11.5 Å². The second-order valence-electron chi connectivity index (χ2n) is 9.57. The van der Waals surface area contributed by atoms with Crippen LogP contribution in [-0.4, -0.2) is 50.9 Å². The number of hydrogen-bond acceptors (Lipinski definition) is 5. The van der Waals surface area contributed by atoms with Crippen LogP contribution in [0.3, 0.4) is 0 Å². The Bertz CT molecular complexity index is 1220. The van der Waals surface area contributed by atoms with Crippen LogP contribution in [0.1, 0.15) is 49.9 Å². The first-order valence-electron chi connectivity index (χ1n) is 12.5. The number of phenolic OH excluding ortho intramolecular Hbond substituents is 1. The van der Waals surface area contributed by atoms with Crippen LogP contribution in [0.4, 0.5) is 5.69 Å². The van der Waals surface area contributed by atoms with Crippen LogP contribution in [0.5, 0.6) is 5.75 Å². The van der Waals surface area contributed by atoms with Gasteiger partial charge in [-0.2, -0.15) is 0 Å². The van der Waals surface area contributed by atoms with E-state index in [1.54, 1.807) is 25.3 Å². The van der Waals surface area contributed by atoms with Crippen LogP contribution in [-0.2, 0) is 0 Å². The van der Waals surface area contributed by atoms with E-state index in [0.29, 0.717) is 11.6 Å². The van der Waals surface area contributed by atoms with Gasteiger partial charge in [-0.1, -0.05) is 58.8 Å². The summed E-state index contributed by atoms with van der Waals surface area (Å²) in [6.45, 7) is 7.25. The number of fused-ring (bicyclic) bond motifs is 1. The van der Waals surface area contributed by atoms with Gasteiger partial charge in [-0.25, -0.2) is 0 Å². The summed E-state index contributed by atoms with van der Waals surface area (Å²) in [6.07, 6.45) is 6.20. The van der Waals surface area contributed by atoms with Gasteiger partial charge in [0.2, 0.25) is 0 Å². The molecule has 4 rings (SSSR count). The van der Waals surface area contributed by atoms with E-state index >= 15 is 0 Å². The fraction of sp³-hybridized carbons (Fsp3) is 0.429. The van der Waals surface area contributed by atoms with Gasteiger partial charge in [-0.3, -0.25) is 9.78 Å². The van der Waals surface area contributed by atoms with Crippen molar-refractivity contribution >= 4 is 68.2 Å². The van der Waals surface area contributed by atoms with Crippen LogP contribution in [0.15, 0.2) is 36.5 Å². The summed E-state index contributed by atoms with van der Waals surface area (Å²) in [5, 5.41) is 15.0. The molecule has 0 atom stereocenters. The molecule has 1 saturated carbocycles. The summed E-state index contributed by atoms with van der Waals surface area (Å²) in [4.78, 5) is 19.7. The lowest BCUT2D eigenvalue weighted by Gasteiger charge is -2.33. The van der Waals surface area contributed by atoms with E-state index in [0.717, 1.165) is 64.0 Å². The van der Waals surface area contributed by atoms with Crippen molar-refractivity contribution in [1.29, 1.82) is 0 Å². The maximum Gasteiger partial charge on any atom is 0.163 e. The van der Waals surface area contributed by atoms with Crippen molar-refractivity contribution in [2.24, 2.45) is 5.92 Å². The highest BCUT2D eigenvalue weighted by atomic mass is 127. The zero-order chi connectivity index (χ0) is 25.8. The summed E-state index contributed by atoms with van der Waals surface area (Å²) in [6, 6.07) is 9.61. The molecule has 2 aromatic carbocycles. The molecular weight excluding hydrogens is 608 g/mol. The van der Waals surface area contributed by atoms with E-state index in [1.807, 2.05) is 18.2 Å². The molecule has 3 aromatic rings. The van der Waals surface area contributed by atoms with Gasteiger partial charge in [-0.05, 0) is 80.5 Å². The topological polar surface area (TPSA) is 65.5 Å². The van der Waals surface area contributed by atoms with Crippen molar-refractivity contribution in [2.75, 3.05) is 29.4 Å². The maximum atomic E-state index is 12.6. The third kappa shape index (κ3) is 6.26. The summed E-state index contributed by atoms with van der Waals surface area (Å²) >= 11 is 14.8. The molecule has 0 bridgehead atoms. The number of benzene rings is 2. The minimum Gasteiger partial charge on any atom is -0.505 e. The molecule has 1 heterocycles. The number of ketones is 1. The molecule has 1 aromatic heterocycles. The zero-order valence-corrected chi connectivity index (χ0v) is 24.3. The van der Waals surface area contributed by atoms with E-state index in [1.165, 1.54) is 19.4 Å². The van der Waals surface area contributed by atoms with Crippen LogP contribution < -0.4 is 5.32 Å².